The minimum absolute atomic E-state index is 0.323. The number of rotatable bonds is 4. The lowest BCUT2D eigenvalue weighted by molar-refractivity contribution is 0.0521. The van der Waals surface area contributed by atoms with Crippen molar-refractivity contribution in [1.82, 2.24) is 4.98 Å². The molecule has 0 saturated carbocycles. The second kappa shape index (κ2) is 6.16. The van der Waals surface area contributed by atoms with Crippen LogP contribution in [0.3, 0.4) is 0 Å². The predicted octanol–water partition coefficient (Wildman–Crippen LogP) is 4.13. The van der Waals surface area contributed by atoms with Crippen LogP contribution < -0.4 is 5.32 Å². The third-order valence-electron chi connectivity index (χ3n) is 2.47. The van der Waals surface area contributed by atoms with E-state index in [-0.39, 0.29) is 0 Å². The standard InChI is InChI=1S/C13H13BrN2O2S/c1-3-18-13(17)11-12(19-7-15-11)16-9-5-4-8(2)10(14)6-9/h4-7,16H,3H2,1-2H3. The topological polar surface area (TPSA) is 51.2 Å². The molecule has 0 fully saturated rings. The number of esters is 1. The Morgan fingerprint density at radius 1 is 1.53 bits per heavy atom. The fraction of sp³-hybridized carbons (Fsp3) is 0.231. The number of anilines is 2. The van der Waals surface area contributed by atoms with E-state index in [4.69, 9.17) is 4.74 Å². The largest absolute Gasteiger partial charge is 0.461 e. The van der Waals surface area contributed by atoms with Gasteiger partial charge in [0.05, 0.1) is 12.1 Å². The maximum Gasteiger partial charge on any atom is 0.360 e. The van der Waals surface area contributed by atoms with Crippen LogP contribution in [-0.2, 0) is 4.74 Å². The summed E-state index contributed by atoms with van der Waals surface area (Å²) in [6.45, 7) is 4.13. The maximum absolute atomic E-state index is 11.7. The number of benzene rings is 1. The van der Waals surface area contributed by atoms with E-state index in [9.17, 15) is 4.79 Å². The summed E-state index contributed by atoms with van der Waals surface area (Å²) in [6.07, 6.45) is 0. The van der Waals surface area contributed by atoms with Gasteiger partial charge in [-0.05, 0) is 31.5 Å². The van der Waals surface area contributed by atoms with Crippen molar-refractivity contribution in [3.8, 4) is 0 Å². The highest BCUT2D eigenvalue weighted by Crippen LogP contribution is 2.28. The molecule has 0 bridgehead atoms. The molecule has 0 spiro atoms. The predicted molar refractivity (Wildman–Crippen MR) is 80.2 cm³/mol. The van der Waals surface area contributed by atoms with Crippen LogP contribution in [0.1, 0.15) is 23.0 Å². The molecule has 0 atom stereocenters. The highest BCUT2D eigenvalue weighted by atomic mass is 79.9. The molecule has 1 heterocycles. The van der Waals surface area contributed by atoms with Gasteiger partial charge in [0.1, 0.15) is 5.00 Å². The first-order valence-corrected chi connectivity index (χ1v) is 7.43. The molecule has 0 aliphatic carbocycles. The Labute approximate surface area is 124 Å². The van der Waals surface area contributed by atoms with E-state index < -0.39 is 5.97 Å². The van der Waals surface area contributed by atoms with Gasteiger partial charge in [-0.2, -0.15) is 0 Å². The Kier molecular flexibility index (Phi) is 4.55. The number of carbonyl (C=O) groups is 1. The van der Waals surface area contributed by atoms with E-state index in [0.29, 0.717) is 17.3 Å². The first kappa shape index (κ1) is 14.0. The number of hydrogen-bond acceptors (Lipinski definition) is 5. The number of aromatic nitrogens is 1. The second-order valence-corrected chi connectivity index (χ2v) is 5.55. The number of halogens is 1. The number of carbonyl (C=O) groups excluding carboxylic acids is 1. The number of nitrogens with zero attached hydrogens (tertiary/aromatic N) is 1. The molecule has 0 aliphatic rings. The fourth-order valence-electron chi connectivity index (χ4n) is 1.48. The number of ether oxygens (including phenoxy) is 1. The first-order chi connectivity index (χ1) is 9.11. The van der Waals surface area contributed by atoms with Crippen molar-refractivity contribution >= 4 is 43.9 Å². The molecule has 19 heavy (non-hydrogen) atoms. The lowest BCUT2D eigenvalue weighted by Gasteiger charge is -2.07. The third kappa shape index (κ3) is 3.33. The maximum atomic E-state index is 11.7. The van der Waals surface area contributed by atoms with Crippen LogP contribution in [0.15, 0.2) is 28.2 Å². The zero-order valence-corrected chi connectivity index (χ0v) is 13.0. The van der Waals surface area contributed by atoms with Gasteiger partial charge in [-0.1, -0.05) is 22.0 Å². The Balaban J connectivity index is 2.21. The second-order valence-electron chi connectivity index (χ2n) is 3.84. The molecule has 0 unspecified atom stereocenters. The van der Waals surface area contributed by atoms with Crippen molar-refractivity contribution < 1.29 is 9.53 Å². The van der Waals surface area contributed by atoms with Crippen LogP contribution in [0.4, 0.5) is 10.7 Å². The lowest BCUT2D eigenvalue weighted by atomic mass is 10.2. The fourth-order valence-corrected chi connectivity index (χ4v) is 2.55. The van der Waals surface area contributed by atoms with Crippen molar-refractivity contribution in [3.63, 3.8) is 0 Å². The van der Waals surface area contributed by atoms with Gasteiger partial charge in [-0.25, -0.2) is 9.78 Å². The summed E-state index contributed by atoms with van der Waals surface area (Å²) < 4.78 is 5.98. The van der Waals surface area contributed by atoms with E-state index in [2.05, 4.69) is 26.2 Å². The number of nitrogens with one attached hydrogen (secondary N) is 1. The molecular weight excluding hydrogens is 328 g/mol. The van der Waals surface area contributed by atoms with Crippen molar-refractivity contribution in [2.75, 3.05) is 11.9 Å². The summed E-state index contributed by atoms with van der Waals surface area (Å²) >= 11 is 4.85. The molecule has 6 heteroatoms. The van der Waals surface area contributed by atoms with E-state index >= 15 is 0 Å². The van der Waals surface area contributed by atoms with E-state index in [1.54, 1.807) is 12.4 Å². The minimum atomic E-state index is -0.405. The highest BCUT2D eigenvalue weighted by molar-refractivity contribution is 9.10. The van der Waals surface area contributed by atoms with Gasteiger partial charge in [0.2, 0.25) is 0 Å². The number of thiazole rings is 1. The highest BCUT2D eigenvalue weighted by Gasteiger charge is 2.16. The smallest absolute Gasteiger partial charge is 0.360 e. The van der Waals surface area contributed by atoms with Crippen LogP contribution in [0.5, 0.6) is 0 Å². The lowest BCUT2D eigenvalue weighted by Crippen LogP contribution is -2.07. The van der Waals surface area contributed by atoms with Crippen molar-refractivity contribution in [1.29, 1.82) is 0 Å². The molecular formula is C13H13BrN2O2S. The molecule has 2 aromatic rings. The quantitative estimate of drug-likeness (QED) is 0.850. The number of hydrogen-bond donors (Lipinski definition) is 1. The molecule has 0 radical (unpaired) electrons. The summed E-state index contributed by atoms with van der Waals surface area (Å²) in [7, 11) is 0. The van der Waals surface area contributed by atoms with Gasteiger partial charge in [0.15, 0.2) is 5.69 Å². The summed E-state index contributed by atoms with van der Waals surface area (Å²) in [5, 5.41) is 3.87. The Morgan fingerprint density at radius 3 is 3.00 bits per heavy atom. The Hall–Kier alpha value is -1.40. The van der Waals surface area contributed by atoms with Crippen molar-refractivity contribution in [2.45, 2.75) is 13.8 Å². The van der Waals surface area contributed by atoms with Gasteiger partial charge in [-0.15, -0.1) is 11.3 Å². The molecule has 4 nitrogen and oxygen atoms in total. The molecule has 1 N–H and O–H groups in total. The zero-order valence-electron chi connectivity index (χ0n) is 10.6. The molecule has 100 valence electrons. The van der Waals surface area contributed by atoms with E-state index in [1.165, 1.54) is 11.3 Å². The molecule has 0 saturated heterocycles. The van der Waals surface area contributed by atoms with Crippen LogP contribution >= 0.6 is 27.3 Å². The molecule has 0 aliphatic heterocycles. The van der Waals surface area contributed by atoms with E-state index in [1.807, 2.05) is 25.1 Å². The third-order valence-corrected chi connectivity index (χ3v) is 4.06. The molecule has 2 rings (SSSR count). The van der Waals surface area contributed by atoms with Crippen LogP contribution in [0, 0.1) is 6.92 Å². The van der Waals surface area contributed by atoms with Crippen molar-refractivity contribution in [2.24, 2.45) is 0 Å². The summed E-state index contributed by atoms with van der Waals surface area (Å²) in [6, 6.07) is 5.91. The van der Waals surface area contributed by atoms with Crippen LogP contribution in [0.2, 0.25) is 0 Å². The molecule has 1 aromatic heterocycles. The zero-order chi connectivity index (χ0) is 13.8. The summed E-state index contributed by atoms with van der Waals surface area (Å²) in [5.74, 6) is -0.405. The average molecular weight is 341 g/mol. The average Bonchev–Trinajstić information content (AvgIpc) is 2.82. The van der Waals surface area contributed by atoms with Crippen molar-refractivity contribution in [3.05, 3.63) is 39.4 Å². The van der Waals surface area contributed by atoms with Crippen LogP contribution in [-0.4, -0.2) is 17.6 Å². The Morgan fingerprint density at radius 2 is 2.32 bits per heavy atom. The number of aryl methyl sites for hydroxylation is 1. The van der Waals surface area contributed by atoms with Gasteiger partial charge >= 0.3 is 5.97 Å². The molecule has 0 amide bonds. The van der Waals surface area contributed by atoms with E-state index in [0.717, 1.165) is 15.7 Å². The first-order valence-electron chi connectivity index (χ1n) is 5.75. The van der Waals surface area contributed by atoms with Gasteiger partial charge in [-0.3, -0.25) is 0 Å². The van der Waals surface area contributed by atoms with Gasteiger partial charge in [0, 0.05) is 10.2 Å². The van der Waals surface area contributed by atoms with Gasteiger partial charge in [0.25, 0.3) is 0 Å². The van der Waals surface area contributed by atoms with Gasteiger partial charge < -0.3 is 10.1 Å². The summed E-state index contributed by atoms with van der Waals surface area (Å²) in [5.41, 5.74) is 3.99. The monoisotopic (exact) mass is 340 g/mol. The molecule has 1 aromatic carbocycles. The summed E-state index contributed by atoms with van der Waals surface area (Å²) in [4.78, 5) is 15.8. The minimum Gasteiger partial charge on any atom is -0.461 e. The Bertz CT molecular complexity index is 598. The SMILES string of the molecule is CCOC(=O)c1ncsc1Nc1ccc(C)c(Br)c1. The van der Waals surface area contributed by atoms with Crippen LogP contribution in [0.25, 0.3) is 0 Å². The normalized spacial score (nSPS) is 10.3.